The van der Waals surface area contributed by atoms with E-state index in [1.54, 1.807) is 19.1 Å². The van der Waals surface area contributed by atoms with Gasteiger partial charge in [-0.05, 0) is 61.0 Å². The Morgan fingerprint density at radius 1 is 1.03 bits per heavy atom. The fourth-order valence-electron chi connectivity index (χ4n) is 3.16. The number of imidazole rings is 1. The highest BCUT2D eigenvalue weighted by atomic mass is 19.4. The highest BCUT2D eigenvalue weighted by Gasteiger charge is 2.33. The van der Waals surface area contributed by atoms with E-state index in [9.17, 15) is 17.6 Å². The number of hydrogen-bond donors (Lipinski definition) is 0. The van der Waals surface area contributed by atoms with Gasteiger partial charge in [0.05, 0.1) is 11.3 Å². The lowest BCUT2D eigenvalue weighted by molar-refractivity contribution is -0.138. The lowest BCUT2D eigenvalue weighted by Crippen LogP contribution is -2.11. The van der Waals surface area contributed by atoms with Gasteiger partial charge in [-0.1, -0.05) is 6.07 Å². The first-order chi connectivity index (χ1) is 13.8. The van der Waals surface area contributed by atoms with E-state index in [1.807, 2.05) is 41.1 Å². The van der Waals surface area contributed by atoms with Crippen molar-refractivity contribution in [1.82, 2.24) is 9.38 Å². The van der Waals surface area contributed by atoms with Crippen LogP contribution in [0.2, 0.25) is 0 Å². The van der Waals surface area contributed by atoms with E-state index in [0.29, 0.717) is 5.75 Å². The van der Waals surface area contributed by atoms with Gasteiger partial charge in [0.15, 0.2) is 0 Å². The molecule has 0 aliphatic heterocycles. The molecule has 2 heterocycles. The molecule has 0 saturated heterocycles. The van der Waals surface area contributed by atoms with Gasteiger partial charge in [0.25, 0.3) is 0 Å². The number of fused-ring (bicyclic) bond motifs is 1. The lowest BCUT2D eigenvalue weighted by Gasteiger charge is -2.15. The highest BCUT2D eigenvalue weighted by molar-refractivity contribution is 5.64. The fraction of sp³-hybridized carbons (Fsp3) is 0.136. The predicted octanol–water partition coefficient (Wildman–Crippen LogP) is 6.05. The molecule has 3 nitrogen and oxygen atoms in total. The minimum Gasteiger partial charge on any atom is -0.489 e. The van der Waals surface area contributed by atoms with Crippen molar-refractivity contribution in [2.45, 2.75) is 19.7 Å². The number of halogens is 4. The number of aryl methyl sites for hydroxylation is 1. The largest absolute Gasteiger partial charge is 0.489 e. The van der Waals surface area contributed by atoms with Crippen LogP contribution in [0.15, 0.2) is 67.0 Å². The van der Waals surface area contributed by atoms with Crippen molar-refractivity contribution in [2.24, 2.45) is 0 Å². The topological polar surface area (TPSA) is 26.5 Å². The number of nitrogens with zero attached hydrogens (tertiary/aromatic N) is 2. The smallest absolute Gasteiger partial charge is 0.416 e. The quantitative estimate of drug-likeness (QED) is 0.390. The Morgan fingerprint density at radius 2 is 1.86 bits per heavy atom. The second-order valence-corrected chi connectivity index (χ2v) is 6.66. The Hall–Kier alpha value is -3.35. The van der Waals surface area contributed by atoms with Crippen LogP contribution in [-0.4, -0.2) is 9.38 Å². The molecule has 0 N–H and O–H groups in total. The SMILES string of the molecule is Cc1cc(-c2cn3ccccc3n2)ccc1OCc1cc(F)ccc1C(F)(F)F. The summed E-state index contributed by atoms with van der Waals surface area (Å²) in [6, 6.07) is 13.4. The Balaban J connectivity index is 1.57. The van der Waals surface area contributed by atoms with Gasteiger partial charge >= 0.3 is 6.18 Å². The summed E-state index contributed by atoms with van der Waals surface area (Å²) in [5.41, 5.74) is 2.03. The molecule has 29 heavy (non-hydrogen) atoms. The van der Waals surface area contributed by atoms with Crippen molar-refractivity contribution in [2.75, 3.05) is 0 Å². The van der Waals surface area contributed by atoms with E-state index in [2.05, 4.69) is 4.98 Å². The lowest BCUT2D eigenvalue weighted by atomic mass is 10.1. The normalized spacial score (nSPS) is 11.8. The van der Waals surface area contributed by atoms with E-state index in [-0.39, 0.29) is 12.2 Å². The molecule has 7 heteroatoms. The number of benzene rings is 2. The van der Waals surface area contributed by atoms with Crippen molar-refractivity contribution in [3.8, 4) is 17.0 Å². The maximum absolute atomic E-state index is 13.4. The van der Waals surface area contributed by atoms with Crippen LogP contribution in [0.25, 0.3) is 16.9 Å². The molecule has 0 aliphatic rings. The Kier molecular flexibility index (Phi) is 4.74. The van der Waals surface area contributed by atoms with Crippen LogP contribution in [0.3, 0.4) is 0 Å². The Bertz CT molecular complexity index is 1150. The van der Waals surface area contributed by atoms with Crippen LogP contribution >= 0.6 is 0 Å². The minimum atomic E-state index is -4.57. The van der Waals surface area contributed by atoms with Gasteiger partial charge in [-0.3, -0.25) is 0 Å². The zero-order chi connectivity index (χ0) is 20.6. The molecule has 0 bridgehead atoms. The average Bonchev–Trinajstić information content (AvgIpc) is 3.10. The number of aromatic nitrogens is 2. The molecule has 0 amide bonds. The van der Waals surface area contributed by atoms with Crippen LogP contribution in [0.4, 0.5) is 17.6 Å². The molecule has 148 valence electrons. The molecule has 4 rings (SSSR count). The van der Waals surface area contributed by atoms with E-state index < -0.39 is 17.6 Å². The van der Waals surface area contributed by atoms with Crippen LogP contribution in [0.1, 0.15) is 16.7 Å². The maximum atomic E-state index is 13.4. The van der Waals surface area contributed by atoms with E-state index >= 15 is 0 Å². The molecule has 4 aromatic rings. The van der Waals surface area contributed by atoms with Gasteiger partial charge in [-0.15, -0.1) is 0 Å². The summed E-state index contributed by atoms with van der Waals surface area (Å²) in [6.45, 7) is 1.41. The van der Waals surface area contributed by atoms with Crippen LogP contribution < -0.4 is 4.74 Å². The fourth-order valence-corrected chi connectivity index (χ4v) is 3.16. The third-order valence-electron chi connectivity index (χ3n) is 4.59. The van der Waals surface area contributed by atoms with Gasteiger partial charge in [-0.25, -0.2) is 9.37 Å². The summed E-state index contributed by atoms with van der Waals surface area (Å²) < 4.78 is 60.3. The van der Waals surface area contributed by atoms with Crippen molar-refractivity contribution in [3.63, 3.8) is 0 Å². The van der Waals surface area contributed by atoms with Crippen molar-refractivity contribution in [1.29, 1.82) is 0 Å². The third-order valence-corrected chi connectivity index (χ3v) is 4.59. The maximum Gasteiger partial charge on any atom is 0.416 e. The second-order valence-electron chi connectivity index (χ2n) is 6.66. The molecule has 0 atom stereocenters. The number of hydrogen-bond acceptors (Lipinski definition) is 2. The van der Waals surface area contributed by atoms with Gasteiger partial charge < -0.3 is 9.14 Å². The third kappa shape index (κ3) is 3.94. The number of alkyl halides is 3. The standard InChI is InChI=1S/C22H16F4N2O/c1-14-10-15(19-12-28-9-3-2-4-21(28)27-19)5-8-20(14)29-13-16-11-17(23)6-7-18(16)22(24,25)26/h2-12H,13H2,1H3. The summed E-state index contributed by atoms with van der Waals surface area (Å²) in [5, 5.41) is 0. The first kappa shape index (κ1) is 19.0. The number of rotatable bonds is 4. The van der Waals surface area contributed by atoms with Gasteiger partial charge in [-0.2, -0.15) is 13.2 Å². The second kappa shape index (κ2) is 7.24. The van der Waals surface area contributed by atoms with E-state index in [1.165, 1.54) is 0 Å². The van der Waals surface area contributed by atoms with Crippen LogP contribution in [-0.2, 0) is 12.8 Å². The molecule has 2 aromatic heterocycles. The van der Waals surface area contributed by atoms with Crippen molar-refractivity contribution < 1.29 is 22.3 Å². The molecule has 0 fully saturated rings. The summed E-state index contributed by atoms with van der Waals surface area (Å²) in [7, 11) is 0. The summed E-state index contributed by atoms with van der Waals surface area (Å²) >= 11 is 0. The number of pyridine rings is 1. The van der Waals surface area contributed by atoms with E-state index in [4.69, 9.17) is 4.74 Å². The van der Waals surface area contributed by atoms with Gasteiger partial charge in [0.1, 0.15) is 23.8 Å². The van der Waals surface area contributed by atoms with Crippen LogP contribution in [0.5, 0.6) is 5.75 Å². The van der Waals surface area contributed by atoms with Crippen LogP contribution in [0, 0.1) is 12.7 Å². The zero-order valence-electron chi connectivity index (χ0n) is 15.4. The highest BCUT2D eigenvalue weighted by Crippen LogP contribution is 2.33. The van der Waals surface area contributed by atoms with Crippen molar-refractivity contribution in [3.05, 3.63) is 89.5 Å². The van der Waals surface area contributed by atoms with E-state index in [0.717, 1.165) is 40.7 Å². The molecular weight excluding hydrogens is 384 g/mol. The predicted molar refractivity (Wildman–Crippen MR) is 101 cm³/mol. The summed E-state index contributed by atoms with van der Waals surface area (Å²) in [4.78, 5) is 4.55. The van der Waals surface area contributed by atoms with Crippen molar-refractivity contribution >= 4 is 5.65 Å². The molecule has 0 unspecified atom stereocenters. The average molecular weight is 400 g/mol. The minimum absolute atomic E-state index is 0.249. The number of ether oxygens (including phenoxy) is 1. The Morgan fingerprint density at radius 3 is 2.59 bits per heavy atom. The molecule has 0 saturated carbocycles. The molecule has 0 spiro atoms. The van der Waals surface area contributed by atoms with Gasteiger partial charge in [0.2, 0.25) is 0 Å². The molecule has 0 aliphatic carbocycles. The zero-order valence-corrected chi connectivity index (χ0v) is 15.4. The molecular formula is C22H16F4N2O. The first-order valence-corrected chi connectivity index (χ1v) is 8.84. The summed E-state index contributed by atoms with van der Waals surface area (Å²) in [6.07, 6.45) is -0.783. The summed E-state index contributed by atoms with van der Waals surface area (Å²) in [5.74, 6) is -0.314. The monoisotopic (exact) mass is 400 g/mol. The molecule has 0 radical (unpaired) electrons. The van der Waals surface area contributed by atoms with Gasteiger partial charge in [0, 0.05) is 23.5 Å². The Labute approximate surface area is 164 Å². The first-order valence-electron chi connectivity index (χ1n) is 8.84. The molecule has 2 aromatic carbocycles.